The third kappa shape index (κ3) is 4.71. The van der Waals surface area contributed by atoms with Gasteiger partial charge in [0.15, 0.2) is 0 Å². The van der Waals surface area contributed by atoms with Gasteiger partial charge in [-0.15, -0.1) is 0 Å². The standard InChI is InChI=1S/C16H22F3NO/c1-2-7-20-15-6-8-21-11-13(15)9-12-4-3-5-14(10-12)16(17,18)19/h3-5,10,13,15,20H,2,6-9,11H2,1H3. The zero-order valence-electron chi connectivity index (χ0n) is 12.2. The fraction of sp³-hybridized carbons (Fsp3) is 0.625. The molecular weight excluding hydrogens is 279 g/mol. The van der Waals surface area contributed by atoms with Crippen LogP contribution in [-0.2, 0) is 17.3 Å². The Hall–Kier alpha value is -1.07. The van der Waals surface area contributed by atoms with Crippen molar-refractivity contribution in [2.45, 2.75) is 38.4 Å². The fourth-order valence-corrected chi connectivity index (χ4v) is 2.77. The molecule has 0 aromatic heterocycles. The molecule has 0 spiro atoms. The first kappa shape index (κ1) is 16.3. The van der Waals surface area contributed by atoms with Crippen LogP contribution in [0.25, 0.3) is 0 Å². The molecule has 5 heteroatoms. The van der Waals surface area contributed by atoms with E-state index in [-0.39, 0.29) is 5.92 Å². The predicted molar refractivity (Wildman–Crippen MR) is 76.2 cm³/mol. The number of benzene rings is 1. The molecule has 2 atom stereocenters. The van der Waals surface area contributed by atoms with Gasteiger partial charge >= 0.3 is 6.18 Å². The molecule has 1 aromatic rings. The Bertz CT molecular complexity index is 447. The number of nitrogens with one attached hydrogen (secondary N) is 1. The average Bonchev–Trinajstić information content (AvgIpc) is 2.46. The number of alkyl halides is 3. The van der Waals surface area contributed by atoms with Crippen LogP contribution in [0.3, 0.4) is 0 Å². The van der Waals surface area contributed by atoms with E-state index in [4.69, 9.17) is 4.74 Å². The van der Waals surface area contributed by atoms with Gasteiger partial charge in [-0.25, -0.2) is 0 Å². The van der Waals surface area contributed by atoms with E-state index in [9.17, 15) is 13.2 Å². The zero-order chi connectivity index (χ0) is 15.3. The lowest BCUT2D eigenvalue weighted by Gasteiger charge is -2.32. The first-order chi connectivity index (χ1) is 10.0. The molecule has 0 amide bonds. The highest BCUT2D eigenvalue weighted by atomic mass is 19.4. The van der Waals surface area contributed by atoms with E-state index in [1.54, 1.807) is 6.07 Å². The van der Waals surface area contributed by atoms with E-state index >= 15 is 0 Å². The second-order valence-corrected chi connectivity index (χ2v) is 5.59. The van der Waals surface area contributed by atoms with Gasteiger partial charge in [-0.2, -0.15) is 13.2 Å². The molecule has 118 valence electrons. The van der Waals surface area contributed by atoms with Crippen molar-refractivity contribution in [1.29, 1.82) is 0 Å². The molecule has 2 nitrogen and oxygen atoms in total. The first-order valence-electron chi connectivity index (χ1n) is 7.48. The van der Waals surface area contributed by atoms with Crippen molar-refractivity contribution in [3.63, 3.8) is 0 Å². The molecule has 1 heterocycles. The van der Waals surface area contributed by atoms with Crippen molar-refractivity contribution in [3.05, 3.63) is 35.4 Å². The molecular formula is C16H22F3NO. The van der Waals surface area contributed by atoms with Crippen molar-refractivity contribution < 1.29 is 17.9 Å². The summed E-state index contributed by atoms with van der Waals surface area (Å²) in [7, 11) is 0. The van der Waals surface area contributed by atoms with Gasteiger partial charge in [0.25, 0.3) is 0 Å². The topological polar surface area (TPSA) is 21.3 Å². The Labute approximate surface area is 123 Å². The molecule has 1 saturated heterocycles. The van der Waals surface area contributed by atoms with E-state index in [1.165, 1.54) is 12.1 Å². The van der Waals surface area contributed by atoms with Gasteiger partial charge in [-0.1, -0.05) is 25.1 Å². The van der Waals surface area contributed by atoms with Crippen LogP contribution in [0.4, 0.5) is 13.2 Å². The highest BCUT2D eigenvalue weighted by Gasteiger charge is 2.31. The summed E-state index contributed by atoms with van der Waals surface area (Å²) in [6.45, 7) is 4.37. The second-order valence-electron chi connectivity index (χ2n) is 5.59. The molecule has 0 saturated carbocycles. The summed E-state index contributed by atoms with van der Waals surface area (Å²) in [5, 5.41) is 3.48. The SMILES string of the molecule is CCCNC1CCOCC1Cc1cccc(C(F)(F)F)c1. The Kier molecular flexibility index (Phi) is 5.65. The number of halogens is 3. The summed E-state index contributed by atoms with van der Waals surface area (Å²) in [5.74, 6) is 0.230. The molecule has 1 fully saturated rings. The minimum absolute atomic E-state index is 0.230. The van der Waals surface area contributed by atoms with Crippen LogP contribution in [0.2, 0.25) is 0 Å². The van der Waals surface area contributed by atoms with Crippen LogP contribution in [0.5, 0.6) is 0 Å². The quantitative estimate of drug-likeness (QED) is 0.896. The molecule has 1 aromatic carbocycles. The van der Waals surface area contributed by atoms with Crippen LogP contribution in [0.15, 0.2) is 24.3 Å². The van der Waals surface area contributed by atoms with E-state index < -0.39 is 11.7 Å². The Morgan fingerprint density at radius 1 is 1.33 bits per heavy atom. The minimum atomic E-state index is -4.28. The Morgan fingerprint density at radius 3 is 2.86 bits per heavy atom. The molecule has 1 aliphatic rings. The lowest BCUT2D eigenvalue weighted by Crippen LogP contribution is -2.44. The number of hydrogen-bond acceptors (Lipinski definition) is 2. The number of hydrogen-bond donors (Lipinski definition) is 1. The normalized spacial score (nSPS) is 23.2. The molecule has 1 aliphatic heterocycles. The number of ether oxygens (including phenoxy) is 1. The van der Waals surface area contributed by atoms with Gasteiger partial charge in [-0.3, -0.25) is 0 Å². The van der Waals surface area contributed by atoms with E-state index in [0.29, 0.717) is 19.1 Å². The van der Waals surface area contributed by atoms with E-state index in [1.807, 2.05) is 0 Å². The lowest BCUT2D eigenvalue weighted by molar-refractivity contribution is -0.137. The van der Waals surface area contributed by atoms with Gasteiger partial charge in [0, 0.05) is 18.6 Å². The van der Waals surface area contributed by atoms with Crippen LogP contribution in [0.1, 0.15) is 30.9 Å². The maximum Gasteiger partial charge on any atom is 0.416 e. The summed E-state index contributed by atoms with van der Waals surface area (Å²) in [6, 6.07) is 5.95. The van der Waals surface area contributed by atoms with Gasteiger partial charge in [0.2, 0.25) is 0 Å². The summed E-state index contributed by atoms with van der Waals surface area (Å²) in [6.07, 6.45) is -1.69. The highest BCUT2D eigenvalue weighted by Crippen LogP contribution is 2.30. The number of rotatable bonds is 5. The fourth-order valence-electron chi connectivity index (χ4n) is 2.77. The molecule has 1 N–H and O–H groups in total. The highest BCUT2D eigenvalue weighted by molar-refractivity contribution is 5.26. The molecule has 2 unspecified atom stereocenters. The molecule has 0 bridgehead atoms. The van der Waals surface area contributed by atoms with Crippen LogP contribution < -0.4 is 5.32 Å². The van der Waals surface area contributed by atoms with Gasteiger partial charge < -0.3 is 10.1 Å². The lowest BCUT2D eigenvalue weighted by atomic mass is 9.89. The summed E-state index contributed by atoms with van der Waals surface area (Å²) < 4.78 is 43.8. The zero-order valence-corrected chi connectivity index (χ0v) is 12.2. The average molecular weight is 301 g/mol. The summed E-state index contributed by atoms with van der Waals surface area (Å²) in [4.78, 5) is 0. The van der Waals surface area contributed by atoms with Crippen LogP contribution in [0, 0.1) is 5.92 Å². The largest absolute Gasteiger partial charge is 0.416 e. The molecule has 0 aliphatic carbocycles. The van der Waals surface area contributed by atoms with Crippen molar-refractivity contribution >= 4 is 0 Å². The molecule has 21 heavy (non-hydrogen) atoms. The third-order valence-corrected chi connectivity index (χ3v) is 3.88. The maximum atomic E-state index is 12.8. The Balaban J connectivity index is 2.05. The second kappa shape index (κ2) is 7.27. The first-order valence-corrected chi connectivity index (χ1v) is 7.48. The smallest absolute Gasteiger partial charge is 0.381 e. The van der Waals surface area contributed by atoms with E-state index in [2.05, 4.69) is 12.2 Å². The summed E-state index contributed by atoms with van der Waals surface area (Å²) in [5.41, 5.74) is 0.151. The van der Waals surface area contributed by atoms with Gasteiger partial charge in [0.05, 0.1) is 12.2 Å². The predicted octanol–water partition coefficient (Wildman–Crippen LogP) is 3.65. The monoisotopic (exact) mass is 301 g/mol. The molecule has 2 rings (SSSR count). The summed E-state index contributed by atoms with van der Waals surface area (Å²) >= 11 is 0. The van der Waals surface area contributed by atoms with Crippen molar-refractivity contribution in [2.75, 3.05) is 19.8 Å². The van der Waals surface area contributed by atoms with Crippen molar-refractivity contribution in [3.8, 4) is 0 Å². The van der Waals surface area contributed by atoms with Gasteiger partial charge in [0.1, 0.15) is 0 Å². The van der Waals surface area contributed by atoms with Crippen molar-refractivity contribution in [1.82, 2.24) is 5.32 Å². The van der Waals surface area contributed by atoms with Crippen molar-refractivity contribution in [2.24, 2.45) is 5.92 Å². The Morgan fingerprint density at radius 2 is 2.14 bits per heavy atom. The van der Waals surface area contributed by atoms with E-state index in [0.717, 1.165) is 37.6 Å². The van der Waals surface area contributed by atoms with Crippen LogP contribution in [-0.4, -0.2) is 25.8 Å². The van der Waals surface area contributed by atoms with Gasteiger partial charge in [-0.05, 0) is 37.4 Å². The molecule has 0 radical (unpaired) electrons. The maximum absolute atomic E-state index is 12.8. The third-order valence-electron chi connectivity index (χ3n) is 3.88. The van der Waals surface area contributed by atoms with Crippen LogP contribution >= 0.6 is 0 Å². The minimum Gasteiger partial charge on any atom is -0.381 e.